The number of ketones is 1. The van der Waals surface area contributed by atoms with Crippen LogP contribution >= 0.6 is 23.7 Å². The molecule has 2 aliphatic rings. The number of piperidine rings is 1. The van der Waals surface area contributed by atoms with Crippen LogP contribution in [0, 0.1) is 0 Å². The van der Waals surface area contributed by atoms with Crippen molar-refractivity contribution in [1.82, 2.24) is 4.90 Å². The first kappa shape index (κ1) is 22.7. The van der Waals surface area contributed by atoms with Crippen LogP contribution < -0.4 is 0 Å². The van der Waals surface area contributed by atoms with Gasteiger partial charge in [-0.1, -0.05) is 29.8 Å². The van der Waals surface area contributed by atoms with Crippen molar-refractivity contribution in [3.05, 3.63) is 62.9 Å². The second kappa shape index (κ2) is 10.4. The van der Waals surface area contributed by atoms with Crippen molar-refractivity contribution in [3.8, 4) is 0 Å². The molecule has 160 valence electrons. The molecular weight excluding hydrogens is 418 g/mol. The molecule has 1 aromatic carbocycles. The summed E-state index contributed by atoms with van der Waals surface area (Å²) in [6, 6.07) is 10.5. The van der Waals surface area contributed by atoms with Gasteiger partial charge in [0.2, 0.25) is 0 Å². The van der Waals surface area contributed by atoms with Crippen molar-refractivity contribution in [2.24, 2.45) is 0 Å². The van der Waals surface area contributed by atoms with Crippen LogP contribution in [0.25, 0.3) is 5.57 Å². The molecular formula is C24H28ClNO3S. The van der Waals surface area contributed by atoms with Gasteiger partial charge in [0.05, 0.1) is 11.5 Å². The number of benzene rings is 1. The minimum atomic E-state index is -0.1000. The minimum absolute atomic E-state index is 0. The first-order chi connectivity index (χ1) is 14.2. The Morgan fingerprint density at radius 2 is 1.90 bits per heavy atom. The largest absolute Gasteiger partial charge is 0.466 e. The van der Waals surface area contributed by atoms with Crippen molar-refractivity contribution in [1.29, 1.82) is 0 Å². The van der Waals surface area contributed by atoms with Crippen LogP contribution in [-0.4, -0.2) is 42.9 Å². The van der Waals surface area contributed by atoms with Gasteiger partial charge >= 0.3 is 5.97 Å². The zero-order chi connectivity index (χ0) is 20.2. The van der Waals surface area contributed by atoms with E-state index < -0.39 is 0 Å². The minimum Gasteiger partial charge on any atom is -0.466 e. The summed E-state index contributed by atoms with van der Waals surface area (Å²) in [7, 11) is 0. The van der Waals surface area contributed by atoms with Gasteiger partial charge in [-0.25, -0.2) is 0 Å². The Hall–Kier alpha value is -1.95. The Kier molecular flexibility index (Phi) is 7.87. The van der Waals surface area contributed by atoms with E-state index in [0.29, 0.717) is 19.4 Å². The summed E-state index contributed by atoms with van der Waals surface area (Å²) in [6.07, 6.45) is 3.84. The first-order valence-electron chi connectivity index (χ1n) is 10.5. The van der Waals surface area contributed by atoms with Crippen molar-refractivity contribution in [2.75, 3.05) is 26.2 Å². The van der Waals surface area contributed by atoms with E-state index >= 15 is 0 Å². The second-order valence-corrected chi connectivity index (χ2v) is 8.57. The normalized spacial score (nSPS) is 16.4. The number of esters is 1. The summed E-state index contributed by atoms with van der Waals surface area (Å²) in [6.45, 7) is 5.22. The smallest absolute Gasteiger partial charge is 0.305 e. The number of thiophene rings is 1. The zero-order valence-electron chi connectivity index (χ0n) is 17.3. The molecule has 0 amide bonds. The zero-order valence-corrected chi connectivity index (χ0v) is 18.9. The maximum atomic E-state index is 12.8. The van der Waals surface area contributed by atoms with Gasteiger partial charge < -0.3 is 9.64 Å². The maximum Gasteiger partial charge on any atom is 0.305 e. The lowest BCUT2D eigenvalue weighted by molar-refractivity contribution is -0.143. The van der Waals surface area contributed by atoms with Gasteiger partial charge in [-0.05, 0) is 60.9 Å². The van der Waals surface area contributed by atoms with Gasteiger partial charge in [-0.2, -0.15) is 0 Å². The van der Waals surface area contributed by atoms with Gasteiger partial charge in [-0.15, -0.1) is 23.7 Å². The van der Waals surface area contributed by atoms with E-state index in [-0.39, 0.29) is 24.2 Å². The molecule has 0 spiro atoms. The average Bonchev–Trinajstić information content (AvgIpc) is 3.16. The number of rotatable bonds is 5. The lowest BCUT2D eigenvalue weighted by atomic mass is 9.87. The third kappa shape index (κ3) is 4.85. The van der Waals surface area contributed by atoms with E-state index in [1.807, 2.05) is 18.4 Å². The van der Waals surface area contributed by atoms with Gasteiger partial charge in [0.25, 0.3) is 0 Å². The molecule has 0 N–H and O–H groups in total. The van der Waals surface area contributed by atoms with Crippen LogP contribution in [0.4, 0.5) is 0 Å². The molecule has 1 aliphatic heterocycles. The topological polar surface area (TPSA) is 46.6 Å². The molecule has 1 aromatic heterocycles. The number of carbonyl (C=O) groups is 2. The van der Waals surface area contributed by atoms with E-state index in [4.69, 9.17) is 4.74 Å². The van der Waals surface area contributed by atoms with Gasteiger partial charge in [0.15, 0.2) is 5.78 Å². The predicted molar refractivity (Wildman–Crippen MR) is 124 cm³/mol. The van der Waals surface area contributed by atoms with Crippen molar-refractivity contribution < 1.29 is 14.3 Å². The summed E-state index contributed by atoms with van der Waals surface area (Å²) < 4.78 is 5.02. The quantitative estimate of drug-likeness (QED) is 0.597. The molecule has 30 heavy (non-hydrogen) atoms. The van der Waals surface area contributed by atoms with Crippen LogP contribution in [-0.2, 0) is 16.0 Å². The van der Waals surface area contributed by atoms with Crippen LogP contribution in [0.5, 0.6) is 0 Å². The van der Waals surface area contributed by atoms with Crippen LogP contribution in [0.1, 0.15) is 59.0 Å². The molecule has 1 saturated heterocycles. The van der Waals surface area contributed by atoms with Gasteiger partial charge in [-0.3, -0.25) is 9.59 Å². The third-order valence-corrected chi connectivity index (χ3v) is 6.75. The lowest BCUT2D eigenvalue weighted by Crippen LogP contribution is -2.32. The highest BCUT2D eigenvalue weighted by molar-refractivity contribution is 7.12. The predicted octanol–water partition coefficient (Wildman–Crippen LogP) is 5.15. The van der Waals surface area contributed by atoms with Gasteiger partial charge in [0.1, 0.15) is 0 Å². The lowest BCUT2D eigenvalue weighted by Gasteiger charge is -2.30. The second-order valence-electron chi connectivity index (χ2n) is 7.65. The number of fused-ring (bicyclic) bond motifs is 2. The number of hydrogen-bond donors (Lipinski definition) is 0. The Labute approximate surface area is 188 Å². The highest BCUT2D eigenvalue weighted by Gasteiger charge is 2.27. The highest BCUT2D eigenvalue weighted by atomic mass is 35.5. The van der Waals surface area contributed by atoms with Crippen molar-refractivity contribution >= 4 is 41.1 Å². The molecule has 0 radical (unpaired) electrons. The fraction of sp³-hybridized carbons (Fsp3) is 0.417. The summed E-state index contributed by atoms with van der Waals surface area (Å²) >= 11 is 1.57. The van der Waals surface area contributed by atoms with E-state index in [2.05, 4.69) is 29.2 Å². The standard InChI is InChI=1S/C24H27NO3S.ClH/c1-2-28-22(27)8-5-12-25-13-9-17(10-14-25)23-19-7-4-3-6-18(19)16-21(26)24-20(23)11-15-29-24;/h3-4,6-7,11,15H,2,5,8-10,12-14,16H2,1H3;1H. The molecule has 4 rings (SSSR count). The molecule has 6 heteroatoms. The molecule has 1 fully saturated rings. The summed E-state index contributed by atoms with van der Waals surface area (Å²) in [4.78, 5) is 27.6. The molecule has 1 aliphatic carbocycles. The molecule has 4 nitrogen and oxygen atoms in total. The Morgan fingerprint density at radius 3 is 2.67 bits per heavy atom. The van der Waals surface area contributed by atoms with Crippen LogP contribution in [0.3, 0.4) is 0 Å². The SMILES string of the molecule is CCOC(=O)CCCN1CCC(=C2c3ccccc3CC(=O)c3sccc32)CC1.Cl. The van der Waals surface area contributed by atoms with Crippen LogP contribution in [0.15, 0.2) is 41.3 Å². The number of ether oxygens (including phenoxy) is 1. The molecule has 2 heterocycles. The van der Waals surface area contributed by atoms with E-state index in [1.165, 1.54) is 16.7 Å². The number of hydrogen-bond acceptors (Lipinski definition) is 5. The van der Waals surface area contributed by atoms with Gasteiger partial charge in [0, 0.05) is 31.5 Å². The first-order valence-corrected chi connectivity index (χ1v) is 11.3. The summed E-state index contributed by atoms with van der Waals surface area (Å²) in [5.41, 5.74) is 6.22. The molecule has 2 aromatic rings. The molecule has 0 bridgehead atoms. The van der Waals surface area contributed by atoms with E-state index in [9.17, 15) is 9.59 Å². The van der Waals surface area contributed by atoms with E-state index in [1.54, 1.807) is 11.3 Å². The monoisotopic (exact) mass is 445 g/mol. The maximum absolute atomic E-state index is 12.8. The van der Waals surface area contributed by atoms with Crippen molar-refractivity contribution in [3.63, 3.8) is 0 Å². The molecule has 0 unspecified atom stereocenters. The molecule has 0 saturated carbocycles. The summed E-state index contributed by atoms with van der Waals surface area (Å²) in [5.74, 6) is 0.131. The average molecular weight is 446 g/mol. The Morgan fingerprint density at radius 1 is 1.13 bits per heavy atom. The fourth-order valence-corrected chi connectivity index (χ4v) is 5.24. The Bertz CT molecular complexity index is 939. The highest BCUT2D eigenvalue weighted by Crippen LogP contribution is 2.40. The molecule has 0 atom stereocenters. The third-order valence-electron chi connectivity index (χ3n) is 5.80. The number of likely N-dealkylation sites (tertiary alicyclic amines) is 1. The summed E-state index contributed by atoms with van der Waals surface area (Å²) in [5, 5.41) is 2.04. The number of carbonyl (C=O) groups excluding carboxylic acids is 2. The fourth-order valence-electron chi connectivity index (χ4n) is 4.40. The Balaban J connectivity index is 0.00000256. The van der Waals surface area contributed by atoms with E-state index in [0.717, 1.165) is 54.9 Å². The van der Waals surface area contributed by atoms with Crippen LogP contribution in [0.2, 0.25) is 0 Å². The number of nitrogens with zero attached hydrogens (tertiary/aromatic N) is 1. The van der Waals surface area contributed by atoms with Crippen molar-refractivity contribution in [2.45, 2.75) is 39.0 Å². The number of Topliss-reactive ketones (excluding diaryl/α,β-unsaturated/α-hetero) is 1. The number of halogens is 1.